The molecule has 0 aromatic heterocycles. The van der Waals surface area contributed by atoms with Gasteiger partial charge in [0, 0.05) is 25.7 Å². The molecule has 0 aliphatic carbocycles. The molecule has 114 valence electrons. The number of halogens is 5. The summed E-state index contributed by atoms with van der Waals surface area (Å²) < 4.78 is 50.6. The molecule has 0 atom stereocenters. The number of alkyl halides is 3. The minimum absolute atomic E-state index is 0. The lowest BCUT2D eigenvalue weighted by molar-refractivity contribution is -0.140. The first-order valence-electron chi connectivity index (χ1n) is 5.54. The quantitative estimate of drug-likeness (QED) is 0.866. The van der Waals surface area contributed by atoms with E-state index < -0.39 is 23.5 Å². The van der Waals surface area contributed by atoms with Gasteiger partial charge in [0.2, 0.25) is 0 Å². The van der Waals surface area contributed by atoms with Crippen LogP contribution in [0.4, 0.5) is 17.6 Å². The Hall–Kier alpha value is -1.34. The number of nitrogens with zero attached hydrogens (tertiary/aromatic N) is 1. The van der Waals surface area contributed by atoms with E-state index in [-0.39, 0.29) is 18.0 Å². The van der Waals surface area contributed by atoms with E-state index in [1.165, 1.54) is 11.9 Å². The summed E-state index contributed by atoms with van der Waals surface area (Å²) in [5.41, 5.74) is -1.62. The van der Waals surface area contributed by atoms with Crippen molar-refractivity contribution in [3.8, 4) is 0 Å². The summed E-state index contributed by atoms with van der Waals surface area (Å²) in [4.78, 5) is 13.1. The van der Waals surface area contributed by atoms with Gasteiger partial charge in [0.05, 0.1) is 5.56 Å². The van der Waals surface area contributed by atoms with Crippen LogP contribution < -0.4 is 5.32 Å². The first-order chi connectivity index (χ1) is 8.77. The van der Waals surface area contributed by atoms with Crippen molar-refractivity contribution in [2.45, 2.75) is 6.18 Å². The monoisotopic (exact) mass is 314 g/mol. The second-order valence-corrected chi connectivity index (χ2v) is 4.02. The number of likely N-dealkylation sites (N-methyl/N-ethyl adjacent to an activating group) is 2. The van der Waals surface area contributed by atoms with Gasteiger partial charge in [-0.25, -0.2) is 4.39 Å². The van der Waals surface area contributed by atoms with Crippen LogP contribution in [0.3, 0.4) is 0 Å². The summed E-state index contributed by atoms with van der Waals surface area (Å²) in [6, 6.07) is 2.23. The molecule has 0 heterocycles. The smallest absolute Gasteiger partial charge is 0.340 e. The molecular weight excluding hydrogens is 300 g/mol. The number of carbonyl (C=O) groups excluding carboxylic acids is 1. The Balaban J connectivity index is 0.00000361. The van der Waals surface area contributed by atoms with Gasteiger partial charge in [0.25, 0.3) is 5.91 Å². The molecule has 1 aromatic rings. The van der Waals surface area contributed by atoms with Gasteiger partial charge in [-0.1, -0.05) is 0 Å². The van der Waals surface area contributed by atoms with Gasteiger partial charge < -0.3 is 10.2 Å². The van der Waals surface area contributed by atoms with Crippen molar-refractivity contribution in [1.29, 1.82) is 0 Å². The van der Waals surface area contributed by atoms with Gasteiger partial charge in [-0.3, -0.25) is 4.79 Å². The SMILES string of the molecule is CNCCN(C)C(=O)c1ccc(F)c(C(F)(F)F)c1.Cl. The lowest BCUT2D eigenvalue weighted by atomic mass is 10.1. The maximum atomic E-state index is 13.1. The van der Waals surface area contributed by atoms with Crippen LogP contribution in [0.15, 0.2) is 18.2 Å². The van der Waals surface area contributed by atoms with Gasteiger partial charge in [-0.15, -0.1) is 12.4 Å². The lowest BCUT2D eigenvalue weighted by Crippen LogP contribution is -2.33. The van der Waals surface area contributed by atoms with Crippen LogP contribution in [-0.4, -0.2) is 38.0 Å². The molecule has 8 heteroatoms. The predicted octanol–water partition coefficient (Wildman–Crippen LogP) is 2.56. The van der Waals surface area contributed by atoms with E-state index in [2.05, 4.69) is 5.32 Å². The van der Waals surface area contributed by atoms with Gasteiger partial charge in [0.15, 0.2) is 0 Å². The van der Waals surface area contributed by atoms with Crippen molar-refractivity contribution < 1.29 is 22.4 Å². The molecule has 0 spiro atoms. The Morgan fingerprint density at radius 2 is 1.95 bits per heavy atom. The average Bonchev–Trinajstić information content (AvgIpc) is 2.34. The van der Waals surface area contributed by atoms with Gasteiger partial charge in [-0.2, -0.15) is 13.2 Å². The number of rotatable bonds is 4. The summed E-state index contributed by atoms with van der Waals surface area (Å²) >= 11 is 0. The fraction of sp³-hybridized carbons (Fsp3) is 0.417. The lowest BCUT2D eigenvalue weighted by Gasteiger charge is -2.18. The number of nitrogens with one attached hydrogen (secondary N) is 1. The second kappa shape index (κ2) is 7.44. The molecule has 0 aliphatic heterocycles. The zero-order chi connectivity index (χ0) is 14.6. The van der Waals surface area contributed by atoms with E-state index in [0.717, 1.165) is 6.07 Å². The second-order valence-electron chi connectivity index (χ2n) is 4.02. The van der Waals surface area contributed by atoms with E-state index in [1.54, 1.807) is 7.05 Å². The molecule has 0 unspecified atom stereocenters. The van der Waals surface area contributed by atoms with Crippen molar-refractivity contribution >= 4 is 18.3 Å². The number of benzene rings is 1. The molecule has 1 rings (SSSR count). The van der Waals surface area contributed by atoms with Crippen molar-refractivity contribution in [3.05, 3.63) is 35.1 Å². The van der Waals surface area contributed by atoms with Crippen LogP contribution in [0.1, 0.15) is 15.9 Å². The Kier molecular flexibility index (Phi) is 6.95. The van der Waals surface area contributed by atoms with Crippen molar-refractivity contribution in [2.24, 2.45) is 0 Å². The van der Waals surface area contributed by atoms with E-state index >= 15 is 0 Å². The van der Waals surface area contributed by atoms with E-state index in [9.17, 15) is 22.4 Å². The highest BCUT2D eigenvalue weighted by molar-refractivity contribution is 5.94. The predicted molar refractivity (Wildman–Crippen MR) is 69.5 cm³/mol. The van der Waals surface area contributed by atoms with Crippen molar-refractivity contribution in [2.75, 3.05) is 27.2 Å². The third-order valence-corrected chi connectivity index (χ3v) is 2.56. The number of amides is 1. The minimum Gasteiger partial charge on any atom is -0.340 e. The summed E-state index contributed by atoms with van der Waals surface area (Å²) in [5, 5.41) is 2.82. The standard InChI is InChI=1S/C12H14F4N2O.ClH/c1-17-5-6-18(2)11(19)8-3-4-10(13)9(7-8)12(14,15)16;/h3-4,7,17H,5-6H2,1-2H3;1H. The van der Waals surface area contributed by atoms with Crippen LogP contribution in [0.2, 0.25) is 0 Å². The first kappa shape index (κ1) is 18.7. The summed E-state index contributed by atoms with van der Waals surface area (Å²) in [7, 11) is 3.16. The van der Waals surface area contributed by atoms with Gasteiger partial charge in [-0.05, 0) is 25.2 Å². The summed E-state index contributed by atoms with van der Waals surface area (Å²) in [6.45, 7) is 0.851. The summed E-state index contributed by atoms with van der Waals surface area (Å²) in [6.07, 6.45) is -4.82. The highest BCUT2D eigenvalue weighted by atomic mass is 35.5. The van der Waals surface area contributed by atoms with Crippen LogP contribution in [-0.2, 0) is 6.18 Å². The van der Waals surface area contributed by atoms with E-state index in [4.69, 9.17) is 0 Å². The molecule has 20 heavy (non-hydrogen) atoms. The van der Waals surface area contributed by atoms with Crippen molar-refractivity contribution in [1.82, 2.24) is 10.2 Å². The Bertz CT molecular complexity index is 465. The van der Waals surface area contributed by atoms with Crippen molar-refractivity contribution in [3.63, 3.8) is 0 Å². The third kappa shape index (κ3) is 4.64. The zero-order valence-corrected chi connectivity index (χ0v) is 11.7. The van der Waals surface area contributed by atoms with Gasteiger partial charge >= 0.3 is 6.18 Å². The van der Waals surface area contributed by atoms with Crippen LogP contribution in [0.5, 0.6) is 0 Å². The number of hydrogen-bond acceptors (Lipinski definition) is 2. The van der Waals surface area contributed by atoms with Gasteiger partial charge in [0.1, 0.15) is 5.82 Å². The zero-order valence-electron chi connectivity index (χ0n) is 10.9. The molecule has 0 radical (unpaired) electrons. The molecule has 1 amide bonds. The topological polar surface area (TPSA) is 32.3 Å². The Morgan fingerprint density at radius 3 is 2.45 bits per heavy atom. The maximum absolute atomic E-state index is 13.1. The summed E-state index contributed by atoms with van der Waals surface area (Å²) in [5.74, 6) is -1.97. The molecule has 0 bridgehead atoms. The largest absolute Gasteiger partial charge is 0.419 e. The van der Waals surface area contributed by atoms with Crippen LogP contribution in [0, 0.1) is 5.82 Å². The minimum atomic E-state index is -4.82. The highest BCUT2D eigenvalue weighted by Crippen LogP contribution is 2.32. The molecule has 1 aromatic carbocycles. The normalized spacial score (nSPS) is 10.9. The maximum Gasteiger partial charge on any atom is 0.419 e. The number of hydrogen-bond donors (Lipinski definition) is 1. The molecule has 0 fully saturated rings. The van der Waals surface area contributed by atoms with Crippen LogP contribution >= 0.6 is 12.4 Å². The molecule has 1 N–H and O–H groups in total. The fourth-order valence-electron chi connectivity index (χ4n) is 1.48. The molecule has 0 aliphatic rings. The molecule has 0 saturated carbocycles. The highest BCUT2D eigenvalue weighted by Gasteiger charge is 2.34. The first-order valence-corrected chi connectivity index (χ1v) is 5.54. The van der Waals surface area contributed by atoms with Crippen LogP contribution in [0.25, 0.3) is 0 Å². The third-order valence-electron chi connectivity index (χ3n) is 2.56. The molecule has 0 saturated heterocycles. The fourth-order valence-corrected chi connectivity index (χ4v) is 1.48. The average molecular weight is 315 g/mol. The molecule has 3 nitrogen and oxygen atoms in total. The van der Waals surface area contributed by atoms with E-state index in [0.29, 0.717) is 25.2 Å². The Morgan fingerprint density at radius 1 is 1.35 bits per heavy atom. The Labute approximate surface area is 120 Å². The molecular formula is C12H15ClF4N2O. The number of carbonyl (C=O) groups is 1. The van der Waals surface area contributed by atoms with E-state index in [1.807, 2.05) is 0 Å².